The normalized spacial score (nSPS) is 13.2. The number of fused-ring (bicyclic) bond motifs is 15. The number of benzene rings is 11. The number of rotatable bonds is 5. The van der Waals surface area contributed by atoms with Crippen molar-refractivity contribution in [1.29, 1.82) is 0 Å². The van der Waals surface area contributed by atoms with Crippen molar-refractivity contribution in [1.82, 2.24) is 0 Å². The van der Waals surface area contributed by atoms with Gasteiger partial charge in [0.2, 0.25) is 0 Å². The first kappa shape index (κ1) is 38.9. The molecule has 13 aromatic rings. The quantitative estimate of drug-likeness (QED) is 0.172. The Hall–Kier alpha value is -9.18. The summed E-state index contributed by atoms with van der Waals surface area (Å²) >= 11 is 0. The molecule has 0 saturated heterocycles. The highest BCUT2D eigenvalue weighted by atomic mass is 16.3. The van der Waals surface area contributed by atoms with Crippen molar-refractivity contribution >= 4 is 60.9 Å². The Morgan fingerprint density at radius 3 is 1.19 bits per heavy atom. The fraction of sp³-hybridized carbons (Fsp3) is 0.0149. The number of para-hydroxylation sites is 3. The third-order valence-corrected chi connectivity index (χ3v) is 15.1. The van der Waals surface area contributed by atoms with Gasteiger partial charge in [0.1, 0.15) is 22.3 Å². The lowest BCUT2D eigenvalue weighted by Gasteiger charge is -2.45. The lowest BCUT2D eigenvalue weighted by molar-refractivity contribution is 0.668. The van der Waals surface area contributed by atoms with E-state index in [2.05, 4.69) is 254 Å². The molecule has 0 unspecified atom stereocenters. The topological polar surface area (TPSA) is 29.5 Å². The van der Waals surface area contributed by atoms with Crippen LogP contribution in [0.4, 0.5) is 17.1 Å². The summed E-state index contributed by atoms with van der Waals surface area (Å²) in [5, 5.41) is 4.44. The summed E-state index contributed by atoms with van der Waals surface area (Å²) in [6.45, 7) is 0. The Kier molecular flexibility index (Phi) is 8.28. The molecule has 0 saturated carbocycles. The Balaban J connectivity index is 1.10. The number of anilines is 3. The van der Waals surface area contributed by atoms with Crippen LogP contribution in [0.3, 0.4) is 0 Å². The second-order valence-electron chi connectivity index (χ2n) is 18.6. The van der Waals surface area contributed by atoms with Gasteiger partial charge in [-0.05, 0) is 127 Å². The van der Waals surface area contributed by atoms with Gasteiger partial charge < -0.3 is 13.7 Å². The Morgan fingerprint density at radius 2 is 0.700 bits per heavy atom. The molecule has 1 spiro atoms. The lowest BCUT2D eigenvalue weighted by Crippen LogP contribution is -2.36. The summed E-state index contributed by atoms with van der Waals surface area (Å²) in [6.07, 6.45) is 0. The van der Waals surface area contributed by atoms with Crippen LogP contribution in [0.5, 0.6) is 0 Å². The molecule has 0 N–H and O–H groups in total. The van der Waals surface area contributed by atoms with Crippen molar-refractivity contribution in [3.63, 3.8) is 0 Å². The molecule has 1 aliphatic heterocycles. The number of furan rings is 2. The maximum absolute atomic E-state index is 6.66. The third-order valence-electron chi connectivity index (χ3n) is 15.1. The van der Waals surface area contributed by atoms with Gasteiger partial charge >= 0.3 is 0 Å². The minimum atomic E-state index is -0.728. The van der Waals surface area contributed by atoms with Crippen LogP contribution in [-0.4, -0.2) is 0 Å². The van der Waals surface area contributed by atoms with Crippen LogP contribution in [0.2, 0.25) is 0 Å². The van der Waals surface area contributed by atoms with Crippen molar-refractivity contribution in [3.05, 3.63) is 271 Å². The van der Waals surface area contributed by atoms with E-state index in [9.17, 15) is 0 Å². The van der Waals surface area contributed by atoms with Gasteiger partial charge in [-0.3, -0.25) is 0 Å². The van der Waals surface area contributed by atoms with Gasteiger partial charge in [0.15, 0.2) is 0 Å². The average Bonchev–Trinajstić information content (AvgIpc) is 4.10. The van der Waals surface area contributed by atoms with Gasteiger partial charge in [0, 0.05) is 38.4 Å². The second-order valence-corrected chi connectivity index (χ2v) is 18.6. The summed E-state index contributed by atoms with van der Waals surface area (Å²) in [4.78, 5) is 2.49. The fourth-order valence-electron chi connectivity index (χ4n) is 12.3. The predicted molar refractivity (Wildman–Crippen MR) is 288 cm³/mol. The maximum Gasteiger partial charge on any atom is 0.136 e. The molecule has 3 heteroatoms. The van der Waals surface area contributed by atoms with Crippen molar-refractivity contribution in [2.24, 2.45) is 0 Å². The van der Waals surface area contributed by atoms with E-state index in [0.29, 0.717) is 0 Å². The maximum atomic E-state index is 6.66. The zero-order valence-electron chi connectivity index (χ0n) is 37.9. The summed E-state index contributed by atoms with van der Waals surface area (Å²) < 4.78 is 13.3. The SMILES string of the molecule is c1ccc(-c2ccc3oc4ccccc4c3c2-c2ccc3c(c2)C2(c4ccccc4-c4ccccc42)c2cc(-c4c(-c5ccccc5)ccc5oc6ccccc6c45)ccc2N3c2ccccc2)cc1. The van der Waals surface area contributed by atoms with Crippen molar-refractivity contribution < 1.29 is 8.83 Å². The summed E-state index contributed by atoms with van der Waals surface area (Å²) in [6, 6.07) is 90.8. The summed E-state index contributed by atoms with van der Waals surface area (Å²) in [5.41, 5.74) is 22.8. The van der Waals surface area contributed by atoms with Gasteiger partial charge in [0.05, 0.1) is 16.8 Å². The molecule has 11 aromatic carbocycles. The molecule has 0 atom stereocenters. The first-order valence-corrected chi connectivity index (χ1v) is 24.1. The standard InChI is InChI=1S/C67H41NO2/c1-4-18-42(19-5-1)47-34-38-61-65(51-26-12-16-30-59(51)69-61)63(47)44-32-36-57-55(40-44)67(53-28-14-10-24-49(53)50-25-11-15-29-54(50)67)56-41-45(33-37-58(56)68(57)46-22-8-3-9-23-46)64-48(43-20-6-2-7-21-43)35-39-62-66(64)52-27-13-17-31-60(52)70-62/h1-41H. The van der Waals surface area contributed by atoms with Crippen molar-refractivity contribution in [2.75, 3.05) is 4.90 Å². The molecule has 3 heterocycles. The van der Waals surface area contributed by atoms with Gasteiger partial charge in [-0.25, -0.2) is 0 Å². The van der Waals surface area contributed by atoms with E-state index in [0.717, 1.165) is 105 Å². The second kappa shape index (κ2) is 14.9. The fourth-order valence-corrected chi connectivity index (χ4v) is 12.3. The molecule has 0 bridgehead atoms. The zero-order valence-corrected chi connectivity index (χ0v) is 37.9. The van der Waals surface area contributed by atoms with Crippen LogP contribution < -0.4 is 4.90 Å². The highest BCUT2D eigenvalue weighted by molar-refractivity contribution is 6.18. The lowest BCUT2D eigenvalue weighted by atomic mass is 9.63. The van der Waals surface area contributed by atoms with E-state index < -0.39 is 5.41 Å². The molecular formula is C67H41NO2. The number of hydrogen-bond acceptors (Lipinski definition) is 3. The molecule has 0 amide bonds. The monoisotopic (exact) mass is 891 g/mol. The van der Waals surface area contributed by atoms with Crippen molar-refractivity contribution in [3.8, 4) is 55.6 Å². The largest absolute Gasteiger partial charge is 0.456 e. The van der Waals surface area contributed by atoms with Crippen LogP contribution in [0.15, 0.2) is 258 Å². The molecule has 326 valence electrons. The van der Waals surface area contributed by atoms with Crippen LogP contribution in [0.25, 0.3) is 99.5 Å². The number of nitrogens with zero attached hydrogens (tertiary/aromatic N) is 1. The summed E-state index contributed by atoms with van der Waals surface area (Å²) in [5.74, 6) is 0. The van der Waals surface area contributed by atoms with E-state index in [1.165, 1.54) is 33.4 Å². The van der Waals surface area contributed by atoms with E-state index in [1.807, 2.05) is 0 Å². The number of hydrogen-bond donors (Lipinski definition) is 0. The third kappa shape index (κ3) is 5.40. The first-order chi connectivity index (χ1) is 34.7. The van der Waals surface area contributed by atoms with E-state index in [4.69, 9.17) is 8.83 Å². The van der Waals surface area contributed by atoms with Crippen molar-refractivity contribution in [2.45, 2.75) is 5.41 Å². The van der Waals surface area contributed by atoms with E-state index in [-0.39, 0.29) is 0 Å². The minimum Gasteiger partial charge on any atom is -0.456 e. The highest BCUT2D eigenvalue weighted by Crippen LogP contribution is 2.65. The first-order valence-electron chi connectivity index (χ1n) is 24.1. The average molecular weight is 892 g/mol. The molecule has 2 aliphatic rings. The molecule has 3 nitrogen and oxygen atoms in total. The zero-order chi connectivity index (χ0) is 45.9. The molecular weight excluding hydrogens is 851 g/mol. The van der Waals surface area contributed by atoms with E-state index >= 15 is 0 Å². The predicted octanol–water partition coefficient (Wildman–Crippen LogP) is 18.3. The summed E-state index contributed by atoms with van der Waals surface area (Å²) in [7, 11) is 0. The molecule has 2 aromatic heterocycles. The van der Waals surface area contributed by atoms with Gasteiger partial charge in [-0.2, -0.15) is 0 Å². The molecule has 0 radical (unpaired) electrons. The minimum absolute atomic E-state index is 0.728. The van der Waals surface area contributed by atoms with E-state index in [1.54, 1.807) is 0 Å². The van der Waals surface area contributed by atoms with Gasteiger partial charge in [-0.15, -0.1) is 0 Å². The highest BCUT2D eigenvalue weighted by Gasteiger charge is 2.52. The van der Waals surface area contributed by atoms with Crippen LogP contribution >= 0.6 is 0 Å². The molecule has 70 heavy (non-hydrogen) atoms. The van der Waals surface area contributed by atoms with Crippen LogP contribution in [0.1, 0.15) is 22.3 Å². The molecule has 1 aliphatic carbocycles. The Morgan fingerprint density at radius 1 is 0.286 bits per heavy atom. The van der Waals surface area contributed by atoms with Gasteiger partial charge in [-0.1, -0.05) is 188 Å². The van der Waals surface area contributed by atoms with Crippen LogP contribution in [0, 0.1) is 0 Å². The van der Waals surface area contributed by atoms with Gasteiger partial charge in [0.25, 0.3) is 0 Å². The Bertz CT molecular complexity index is 3980. The molecule has 0 fully saturated rings. The smallest absolute Gasteiger partial charge is 0.136 e. The molecule has 15 rings (SSSR count). The Labute approximate surface area is 404 Å². The van der Waals surface area contributed by atoms with Crippen LogP contribution in [-0.2, 0) is 5.41 Å².